The van der Waals surface area contributed by atoms with Crippen molar-refractivity contribution in [1.29, 1.82) is 0 Å². The minimum Gasteiger partial charge on any atom is -0.480 e. The maximum absolute atomic E-state index is 12.3. The van der Waals surface area contributed by atoms with Crippen molar-refractivity contribution >= 4 is 28.7 Å². The summed E-state index contributed by atoms with van der Waals surface area (Å²) >= 11 is 0. The van der Waals surface area contributed by atoms with Gasteiger partial charge in [-0.25, -0.2) is 15.6 Å². The summed E-state index contributed by atoms with van der Waals surface area (Å²) < 4.78 is 0. The summed E-state index contributed by atoms with van der Waals surface area (Å²) in [5.74, 6) is 9.43. The van der Waals surface area contributed by atoms with Crippen LogP contribution in [-0.4, -0.2) is 38.4 Å². The zero-order valence-electron chi connectivity index (χ0n) is 20.1. The van der Waals surface area contributed by atoms with Crippen molar-refractivity contribution in [3.8, 4) is 23.1 Å². The Balaban J connectivity index is 1.52. The Morgan fingerprint density at radius 2 is 1.54 bits per heavy atom. The standard InChI is InChI=1S/C28H23N5O4/c1-28(2,27(36)37)32-25(34)20-11-7-18(8-12-20)4-3-17-5-9-19(10-6-17)24-15-21(26(35)33-29)22-16-30-14-13-23(22)31-24/h5-16H,29H2,1-2H3,(H,32,34)(H,33,35)(H,36,37). The zero-order chi connectivity index (χ0) is 26.6. The Morgan fingerprint density at radius 3 is 2.14 bits per heavy atom. The first-order valence-electron chi connectivity index (χ1n) is 11.2. The van der Waals surface area contributed by atoms with Gasteiger partial charge in [-0.1, -0.05) is 24.0 Å². The van der Waals surface area contributed by atoms with Crippen LogP contribution in [-0.2, 0) is 4.79 Å². The first-order valence-corrected chi connectivity index (χ1v) is 11.2. The average molecular weight is 494 g/mol. The Morgan fingerprint density at radius 1 is 0.919 bits per heavy atom. The lowest BCUT2D eigenvalue weighted by molar-refractivity contribution is -0.143. The fraction of sp³-hybridized carbons (Fsp3) is 0.107. The number of amides is 2. The van der Waals surface area contributed by atoms with Crippen molar-refractivity contribution in [2.45, 2.75) is 19.4 Å². The van der Waals surface area contributed by atoms with E-state index in [0.29, 0.717) is 33.3 Å². The van der Waals surface area contributed by atoms with E-state index in [2.05, 4.69) is 32.6 Å². The number of nitrogens with one attached hydrogen (secondary N) is 2. The quantitative estimate of drug-likeness (QED) is 0.145. The normalized spacial score (nSPS) is 10.8. The molecule has 0 atom stereocenters. The number of aromatic nitrogens is 2. The van der Waals surface area contributed by atoms with Gasteiger partial charge in [0.15, 0.2) is 0 Å². The predicted octanol–water partition coefficient (Wildman–Crippen LogP) is 2.89. The molecule has 4 aromatic rings. The highest BCUT2D eigenvalue weighted by Crippen LogP contribution is 2.24. The summed E-state index contributed by atoms with van der Waals surface area (Å²) in [5, 5.41) is 12.3. The number of carbonyl (C=O) groups is 3. The van der Waals surface area contributed by atoms with Crippen LogP contribution in [0.3, 0.4) is 0 Å². The lowest BCUT2D eigenvalue weighted by Crippen LogP contribution is -2.49. The molecule has 2 aromatic heterocycles. The number of pyridine rings is 2. The van der Waals surface area contributed by atoms with Gasteiger partial charge in [0, 0.05) is 40.0 Å². The summed E-state index contributed by atoms with van der Waals surface area (Å²) in [5.41, 5.74) is 4.99. The van der Waals surface area contributed by atoms with Crippen molar-refractivity contribution in [3.63, 3.8) is 0 Å². The van der Waals surface area contributed by atoms with E-state index >= 15 is 0 Å². The molecule has 0 saturated heterocycles. The summed E-state index contributed by atoms with van der Waals surface area (Å²) in [7, 11) is 0. The minimum atomic E-state index is -1.38. The number of carbonyl (C=O) groups excluding carboxylic acids is 2. The van der Waals surface area contributed by atoms with Crippen LogP contribution in [0, 0.1) is 11.8 Å². The van der Waals surface area contributed by atoms with Crippen LogP contribution in [0.15, 0.2) is 73.1 Å². The minimum absolute atomic E-state index is 0.339. The molecule has 0 aliphatic heterocycles. The third kappa shape index (κ3) is 5.61. The van der Waals surface area contributed by atoms with E-state index in [1.54, 1.807) is 48.8 Å². The van der Waals surface area contributed by atoms with Gasteiger partial charge in [0.25, 0.3) is 11.8 Å². The van der Waals surface area contributed by atoms with Gasteiger partial charge in [-0.05, 0) is 62.4 Å². The summed E-state index contributed by atoms with van der Waals surface area (Å²) in [6.45, 7) is 2.84. The highest BCUT2D eigenvalue weighted by Gasteiger charge is 2.29. The van der Waals surface area contributed by atoms with Crippen molar-refractivity contribution < 1.29 is 19.5 Å². The molecule has 184 valence electrons. The first-order chi connectivity index (χ1) is 17.7. The highest BCUT2D eigenvalue weighted by atomic mass is 16.4. The van der Waals surface area contributed by atoms with Crippen LogP contribution in [0.2, 0.25) is 0 Å². The molecule has 0 aliphatic rings. The fourth-order valence-electron chi connectivity index (χ4n) is 3.47. The second kappa shape index (κ2) is 10.3. The number of aliphatic carboxylic acids is 1. The number of fused-ring (bicyclic) bond motifs is 1. The van der Waals surface area contributed by atoms with Crippen LogP contribution in [0.5, 0.6) is 0 Å². The number of benzene rings is 2. The van der Waals surface area contributed by atoms with Crippen LogP contribution >= 0.6 is 0 Å². The number of carboxylic acid groups (broad SMARTS) is 1. The third-order valence-corrected chi connectivity index (χ3v) is 5.63. The Kier molecular flexibility index (Phi) is 6.95. The molecule has 0 bridgehead atoms. The van der Waals surface area contributed by atoms with Gasteiger partial charge in [-0.2, -0.15) is 0 Å². The zero-order valence-corrected chi connectivity index (χ0v) is 20.1. The van der Waals surface area contributed by atoms with Crippen molar-refractivity contribution in [3.05, 3.63) is 95.3 Å². The molecule has 0 unspecified atom stereocenters. The molecule has 0 spiro atoms. The molecule has 0 radical (unpaired) electrons. The highest BCUT2D eigenvalue weighted by molar-refractivity contribution is 6.06. The number of nitrogens with zero attached hydrogens (tertiary/aromatic N) is 2. The van der Waals surface area contributed by atoms with Crippen LogP contribution in [0.25, 0.3) is 22.2 Å². The molecular weight excluding hydrogens is 470 g/mol. The molecule has 0 saturated carbocycles. The number of carboxylic acids is 1. The number of hydrogen-bond donors (Lipinski definition) is 4. The van der Waals surface area contributed by atoms with E-state index in [-0.39, 0.29) is 0 Å². The van der Waals surface area contributed by atoms with Gasteiger partial charge in [-0.3, -0.25) is 20.0 Å². The number of nitrogen functional groups attached to an aromatic ring is 1. The first kappa shape index (κ1) is 25.0. The van der Waals surface area contributed by atoms with Gasteiger partial charge in [0.1, 0.15) is 5.54 Å². The maximum atomic E-state index is 12.3. The van der Waals surface area contributed by atoms with Crippen LogP contribution < -0.4 is 16.6 Å². The van der Waals surface area contributed by atoms with E-state index in [9.17, 15) is 14.4 Å². The molecule has 2 amide bonds. The SMILES string of the molecule is CC(C)(NC(=O)c1ccc(C#Cc2ccc(-c3cc(C(=O)NN)c4cnccc4n3)cc2)cc1)C(=O)O. The maximum Gasteiger partial charge on any atom is 0.328 e. The van der Waals surface area contributed by atoms with E-state index in [1.165, 1.54) is 13.8 Å². The molecular formula is C28H23N5O4. The Labute approximate surface area is 212 Å². The summed E-state index contributed by atoms with van der Waals surface area (Å²) in [6, 6.07) is 17.4. The van der Waals surface area contributed by atoms with Gasteiger partial charge < -0.3 is 10.4 Å². The average Bonchev–Trinajstić information content (AvgIpc) is 2.91. The molecule has 0 fully saturated rings. The third-order valence-electron chi connectivity index (χ3n) is 5.63. The van der Waals surface area contributed by atoms with E-state index in [4.69, 9.17) is 10.9 Å². The second-order valence-electron chi connectivity index (χ2n) is 8.71. The Hall–Kier alpha value is -5.07. The number of hydrogen-bond acceptors (Lipinski definition) is 6. The smallest absolute Gasteiger partial charge is 0.328 e. The lowest BCUT2D eigenvalue weighted by Gasteiger charge is -2.20. The molecule has 4 rings (SSSR count). The van der Waals surface area contributed by atoms with Crippen LogP contribution in [0.4, 0.5) is 0 Å². The van der Waals surface area contributed by atoms with Gasteiger partial charge >= 0.3 is 5.97 Å². The lowest BCUT2D eigenvalue weighted by atomic mass is 10.0. The molecule has 2 heterocycles. The fourth-order valence-corrected chi connectivity index (χ4v) is 3.47. The monoisotopic (exact) mass is 493 g/mol. The van der Waals surface area contributed by atoms with Crippen LogP contribution in [0.1, 0.15) is 45.7 Å². The topological polar surface area (TPSA) is 147 Å². The molecule has 37 heavy (non-hydrogen) atoms. The van der Waals surface area contributed by atoms with Crippen molar-refractivity contribution in [1.82, 2.24) is 20.7 Å². The van der Waals surface area contributed by atoms with E-state index in [1.807, 2.05) is 24.3 Å². The predicted molar refractivity (Wildman–Crippen MR) is 138 cm³/mol. The number of rotatable bonds is 5. The summed E-state index contributed by atoms with van der Waals surface area (Å²) in [6.07, 6.45) is 3.18. The number of nitrogens with two attached hydrogens (primary N) is 1. The molecule has 9 nitrogen and oxygen atoms in total. The number of hydrazine groups is 1. The van der Waals surface area contributed by atoms with Crippen molar-refractivity contribution in [2.24, 2.45) is 5.84 Å². The van der Waals surface area contributed by atoms with Gasteiger partial charge in [0.2, 0.25) is 0 Å². The summed E-state index contributed by atoms with van der Waals surface area (Å²) in [4.78, 5) is 44.5. The molecule has 2 aromatic carbocycles. The molecule has 9 heteroatoms. The molecule has 0 aliphatic carbocycles. The van der Waals surface area contributed by atoms with Crippen molar-refractivity contribution in [2.75, 3.05) is 0 Å². The largest absolute Gasteiger partial charge is 0.480 e. The molecule has 5 N–H and O–H groups in total. The van der Waals surface area contributed by atoms with Gasteiger partial charge in [-0.15, -0.1) is 0 Å². The van der Waals surface area contributed by atoms with E-state index < -0.39 is 23.3 Å². The van der Waals surface area contributed by atoms with Gasteiger partial charge in [0.05, 0.1) is 16.8 Å². The second-order valence-corrected chi connectivity index (χ2v) is 8.71. The Bertz CT molecular complexity index is 1570. The van der Waals surface area contributed by atoms with E-state index in [0.717, 1.165) is 11.1 Å².